The molecular formula is C15H8O8. The average Bonchev–Trinajstić information content (AvgIpc) is 2.84. The molecule has 0 spiro atoms. The Labute approximate surface area is 127 Å². The average molecular weight is 316 g/mol. The molecule has 3 aliphatic rings. The molecule has 116 valence electrons. The van der Waals surface area contributed by atoms with Gasteiger partial charge in [0.1, 0.15) is 17.3 Å². The third-order valence-electron chi connectivity index (χ3n) is 3.89. The molecule has 8 heteroatoms. The summed E-state index contributed by atoms with van der Waals surface area (Å²) in [6.07, 6.45) is 1.36. The number of hydrogen-bond acceptors (Lipinski definition) is 6. The molecule has 0 amide bonds. The number of ketones is 3. The summed E-state index contributed by atoms with van der Waals surface area (Å²) in [6, 6.07) is 0. The second-order valence-electron chi connectivity index (χ2n) is 5.12. The van der Waals surface area contributed by atoms with E-state index >= 15 is 0 Å². The number of fused-ring (bicyclic) bond motifs is 1. The van der Waals surface area contributed by atoms with Crippen molar-refractivity contribution in [1.82, 2.24) is 0 Å². The summed E-state index contributed by atoms with van der Waals surface area (Å²) < 4.78 is 0. The van der Waals surface area contributed by atoms with Gasteiger partial charge in [0.2, 0.25) is 5.78 Å². The minimum atomic E-state index is -1.68. The molecule has 0 saturated heterocycles. The van der Waals surface area contributed by atoms with Gasteiger partial charge in [-0.1, -0.05) is 0 Å². The minimum Gasteiger partial charge on any atom is -0.508 e. The first-order valence-electron chi connectivity index (χ1n) is 6.44. The van der Waals surface area contributed by atoms with Crippen LogP contribution in [0.1, 0.15) is 6.42 Å². The smallest absolute Gasteiger partial charge is 0.339 e. The number of rotatable bonds is 2. The molecule has 0 bridgehead atoms. The number of hydrogen-bond donors (Lipinski definition) is 3. The lowest BCUT2D eigenvalue weighted by molar-refractivity contribution is -0.139. The highest BCUT2D eigenvalue weighted by molar-refractivity contribution is 6.37. The van der Waals surface area contributed by atoms with Crippen molar-refractivity contribution in [2.75, 3.05) is 0 Å². The molecule has 23 heavy (non-hydrogen) atoms. The highest BCUT2D eigenvalue weighted by Gasteiger charge is 2.50. The molecule has 0 heterocycles. The molecule has 3 rings (SSSR count). The van der Waals surface area contributed by atoms with Gasteiger partial charge in [0.05, 0.1) is 0 Å². The SMILES string of the molecule is O=C(O)C1=CC(=O)C2=C(C1=O)C1=C(C(O)=CCC1=O)C2C(=O)O. The zero-order valence-corrected chi connectivity index (χ0v) is 11.3. The number of aliphatic hydroxyl groups is 1. The Balaban J connectivity index is 2.31. The Morgan fingerprint density at radius 2 is 1.70 bits per heavy atom. The van der Waals surface area contributed by atoms with E-state index < -0.39 is 57.7 Å². The summed E-state index contributed by atoms with van der Waals surface area (Å²) >= 11 is 0. The fourth-order valence-electron chi connectivity index (χ4n) is 2.99. The summed E-state index contributed by atoms with van der Waals surface area (Å²) in [5, 5.41) is 28.3. The number of aliphatic hydroxyl groups excluding tert-OH is 1. The second kappa shape index (κ2) is 4.60. The lowest BCUT2D eigenvalue weighted by Gasteiger charge is -2.16. The van der Waals surface area contributed by atoms with Gasteiger partial charge in [-0.3, -0.25) is 19.2 Å². The molecule has 0 radical (unpaired) electrons. The Bertz CT molecular complexity index is 862. The molecule has 3 N–H and O–H groups in total. The molecule has 0 aromatic carbocycles. The van der Waals surface area contributed by atoms with E-state index in [1.54, 1.807) is 0 Å². The van der Waals surface area contributed by atoms with Crippen molar-refractivity contribution in [3.8, 4) is 0 Å². The predicted molar refractivity (Wildman–Crippen MR) is 71.2 cm³/mol. The zero-order valence-electron chi connectivity index (χ0n) is 11.3. The lowest BCUT2D eigenvalue weighted by atomic mass is 9.85. The van der Waals surface area contributed by atoms with E-state index in [2.05, 4.69) is 0 Å². The van der Waals surface area contributed by atoms with E-state index in [-0.39, 0.29) is 17.6 Å². The van der Waals surface area contributed by atoms with Gasteiger partial charge in [-0.05, 0) is 6.08 Å². The Hall–Kier alpha value is -3.29. The quantitative estimate of drug-likeness (QED) is 0.471. The Kier molecular flexibility index (Phi) is 2.93. The number of carbonyl (C=O) groups excluding carboxylic acids is 3. The van der Waals surface area contributed by atoms with Crippen molar-refractivity contribution in [3.05, 3.63) is 45.8 Å². The molecule has 0 aromatic rings. The summed E-state index contributed by atoms with van der Waals surface area (Å²) in [5.74, 6) is -8.08. The summed E-state index contributed by atoms with van der Waals surface area (Å²) in [7, 11) is 0. The molecule has 0 aliphatic heterocycles. The van der Waals surface area contributed by atoms with Gasteiger partial charge in [-0.2, -0.15) is 0 Å². The number of allylic oxidation sites excluding steroid dienone is 5. The maximum atomic E-state index is 12.3. The first kappa shape index (κ1) is 14.6. The van der Waals surface area contributed by atoms with Crippen LogP contribution in [0, 0.1) is 5.92 Å². The molecule has 1 atom stereocenters. The van der Waals surface area contributed by atoms with Crippen molar-refractivity contribution in [3.63, 3.8) is 0 Å². The van der Waals surface area contributed by atoms with Crippen molar-refractivity contribution < 1.29 is 39.3 Å². The fourth-order valence-corrected chi connectivity index (χ4v) is 2.99. The van der Waals surface area contributed by atoms with Crippen molar-refractivity contribution in [1.29, 1.82) is 0 Å². The van der Waals surface area contributed by atoms with Gasteiger partial charge in [-0.25, -0.2) is 4.79 Å². The number of carboxylic acid groups (broad SMARTS) is 2. The van der Waals surface area contributed by atoms with Crippen LogP contribution < -0.4 is 0 Å². The largest absolute Gasteiger partial charge is 0.508 e. The monoisotopic (exact) mass is 316 g/mol. The van der Waals surface area contributed by atoms with E-state index in [1.807, 2.05) is 0 Å². The molecule has 3 aliphatic carbocycles. The van der Waals surface area contributed by atoms with E-state index in [4.69, 9.17) is 5.11 Å². The van der Waals surface area contributed by atoms with Crippen LogP contribution in [-0.2, 0) is 24.0 Å². The van der Waals surface area contributed by atoms with Gasteiger partial charge >= 0.3 is 11.9 Å². The Morgan fingerprint density at radius 1 is 1.04 bits per heavy atom. The Morgan fingerprint density at radius 3 is 2.26 bits per heavy atom. The van der Waals surface area contributed by atoms with Crippen LogP contribution in [0.4, 0.5) is 0 Å². The number of carbonyl (C=O) groups is 5. The standard InChI is InChI=1S/C15H8O8/c16-5-1-2-6(17)9-8(5)11-10(12(9)15(22)23)7(18)3-4(13(11)19)14(20)21/h2-3,12,17H,1H2,(H,20,21)(H,22,23). The predicted octanol–water partition coefficient (Wildman–Crippen LogP) is -0.129. The van der Waals surface area contributed by atoms with Crippen LogP contribution in [0.25, 0.3) is 0 Å². The van der Waals surface area contributed by atoms with E-state index in [0.717, 1.165) is 6.08 Å². The number of aliphatic carboxylic acids is 2. The van der Waals surface area contributed by atoms with Gasteiger partial charge < -0.3 is 15.3 Å². The second-order valence-corrected chi connectivity index (χ2v) is 5.12. The van der Waals surface area contributed by atoms with Crippen LogP contribution in [0.15, 0.2) is 45.8 Å². The van der Waals surface area contributed by atoms with Gasteiger partial charge in [-0.15, -0.1) is 0 Å². The van der Waals surface area contributed by atoms with Gasteiger partial charge in [0, 0.05) is 34.8 Å². The van der Waals surface area contributed by atoms with Crippen molar-refractivity contribution in [2.24, 2.45) is 5.92 Å². The van der Waals surface area contributed by atoms with Crippen LogP contribution in [-0.4, -0.2) is 44.6 Å². The highest BCUT2D eigenvalue weighted by Crippen LogP contribution is 2.46. The third-order valence-corrected chi connectivity index (χ3v) is 3.89. The van der Waals surface area contributed by atoms with Crippen molar-refractivity contribution >= 4 is 29.3 Å². The van der Waals surface area contributed by atoms with Crippen LogP contribution >= 0.6 is 0 Å². The van der Waals surface area contributed by atoms with E-state index in [1.165, 1.54) is 0 Å². The summed E-state index contributed by atoms with van der Waals surface area (Å²) in [4.78, 5) is 59.2. The highest BCUT2D eigenvalue weighted by atomic mass is 16.4. The summed E-state index contributed by atoms with van der Waals surface area (Å²) in [5.41, 5.74) is -2.55. The van der Waals surface area contributed by atoms with Gasteiger partial charge in [0.25, 0.3) is 0 Å². The zero-order chi connectivity index (χ0) is 17.0. The number of carboxylic acids is 2. The maximum absolute atomic E-state index is 12.3. The molecule has 0 aromatic heterocycles. The van der Waals surface area contributed by atoms with Crippen LogP contribution in [0.5, 0.6) is 0 Å². The maximum Gasteiger partial charge on any atom is 0.339 e. The topological polar surface area (TPSA) is 146 Å². The molecular weight excluding hydrogens is 308 g/mol. The third kappa shape index (κ3) is 1.81. The molecule has 0 saturated carbocycles. The first-order chi connectivity index (χ1) is 10.8. The number of Topliss-reactive ketones (excluding diaryl/α,β-unsaturated/α-hetero) is 2. The normalized spacial score (nSPS) is 23.5. The van der Waals surface area contributed by atoms with Crippen LogP contribution in [0.3, 0.4) is 0 Å². The molecule has 0 fully saturated rings. The molecule has 8 nitrogen and oxygen atoms in total. The first-order valence-corrected chi connectivity index (χ1v) is 6.44. The van der Waals surface area contributed by atoms with Gasteiger partial charge in [0.15, 0.2) is 11.6 Å². The fraction of sp³-hybridized carbons (Fsp3) is 0.133. The van der Waals surface area contributed by atoms with E-state index in [0.29, 0.717) is 6.08 Å². The van der Waals surface area contributed by atoms with Crippen LogP contribution in [0.2, 0.25) is 0 Å². The molecule has 1 unspecified atom stereocenters. The lowest BCUT2D eigenvalue weighted by Crippen LogP contribution is -2.27. The minimum absolute atomic E-state index is 0.276. The van der Waals surface area contributed by atoms with Crippen molar-refractivity contribution in [2.45, 2.75) is 6.42 Å². The summed E-state index contributed by atoms with van der Waals surface area (Å²) in [6.45, 7) is 0. The van der Waals surface area contributed by atoms with E-state index in [9.17, 15) is 34.2 Å².